The van der Waals surface area contributed by atoms with Gasteiger partial charge in [-0.1, -0.05) is 78.9 Å². The number of imidazole rings is 1. The molecule has 0 aliphatic carbocycles. The third kappa shape index (κ3) is 5.42. The monoisotopic (exact) mass is 478 g/mol. The lowest BCUT2D eigenvalue weighted by atomic mass is 10.1. The number of fused-ring (bicyclic) bond motifs is 1. The zero-order valence-electron chi connectivity index (χ0n) is 16.9. The second kappa shape index (κ2) is 10.3. The molecule has 1 N–H and O–H groups in total. The molecule has 0 atom stereocenters. The Morgan fingerprint density at radius 3 is 2.66 bits per heavy atom. The standard InChI is InChI=1S/C21H27BrN4O2S/c1-3-4-5-6-7-8-12-29-21-23-18-17(19(27)24-20(28)25(18)2)26(21)14-15-10-9-11-16(22)13-15/h9-11,13H,3-8,12,14H2,1-2H3,(H,24,27,28). The number of unbranched alkanes of at least 4 members (excludes halogenated alkanes) is 5. The quantitative estimate of drug-likeness (QED) is 0.338. The third-order valence-corrected chi connectivity index (χ3v) is 6.49. The zero-order valence-corrected chi connectivity index (χ0v) is 19.3. The lowest BCUT2D eigenvalue weighted by Gasteiger charge is -2.09. The summed E-state index contributed by atoms with van der Waals surface area (Å²) in [6.45, 7) is 2.75. The van der Waals surface area contributed by atoms with E-state index < -0.39 is 11.2 Å². The van der Waals surface area contributed by atoms with Gasteiger partial charge in [0.2, 0.25) is 0 Å². The maximum atomic E-state index is 12.6. The lowest BCUT2D eigenvalue weighted by molar-refractivity contribution is 0.626. The number of aromatic nitrogens is 4. The SMILES string of the molecule is CCCCCCCCSc1nc2c(c(=O)[nH]c(=O)n2C)n1Cc1cccc(Br)c1. The predicted molar refractivity (Wildman–Crippen MR) is 123 cm³/mol. The molecule has 0 spiro atoms. The van der Waals surface area contributed by atoms with E-state index >= 15 is 0 Å². The number of nitrogens with zero attached hydrogens (tertiary/aromatic N) is 3. The normalized spacial score (nSPS) is 11.4. The number of aryl methyl sites for hydroxylation is 1. The van der Waals surface area contributed by atoms with Crippen LogP contribution < -0.4 is 11.2 Å². The second-order valence-electron chi connectivity index (χ2n) is 7.22. The highest BCUT2D eigenvalue weighted by atomic mass is 79.9. The van der Waals surface area contributed by atoms with Crippen LogP contribution in [0, 0.1) is 0 Å². The highest BCUT2D eigenvalue weighted by Gasteiger charge is 2.18. The molecule has 3 aromatic rings. The van der Waals surface area contributed by atoms with Gasteiger partial charge in [-0.25, -0.2) is 9.78 Å². The Labute approximate surface area is 182 Å². The molecule has 8 heteroatoms. The average Bonchev–Trinajstić information content (AvgIpc) is 3.04. The lowest BCUT2D eigenvalue weighted by Crippen LogP contribution is -2.29. The fraction of sp³-hybridized carbons (Fsp3) is 0.476. The maximum absolute atomic E-state index is 12.6. The molecule has 0 unspecified atom stereocenters. The van der Waals surface area contributed by atoms with Crippen LogP contribution in [0.3, 0.4) is 0 Å². The zero-order chi connectivity index (χ0) is 20.8. The number of halogens is 1. The molecule has 0 amide bonds. The summed E-state index contributed by atoms with van der Waals surface area (Å²) in [5, 5.41) is 0.778. The molecule has 156 valence electrons. The number of H-pyrrole nitrogens is 1. The number of thioether (sulfide) groups is 1. The van der Waals surface area contributed by atoms with Crippen LogP contribution in [-0.2, 0) is 13.6 Å². The van der Waals surface area contributed by atoms with Crippen molar-refractivity contribution in [3.8, 4) is 0 Å². The van der Waals surface area contributed by atoms with E-state index in [1.54, 1.807) is 18.8 Å². The van der Waals surface area contributed by atoms with Crippen LogP contribution in [0.1, 0.15) is 51.0 Å². The van der Waals surface area contributed by atoms with E-state index in [1.165, 1.54) is 36.7 Å². The van der Waals surface area contributed by atoms with Crippen molar-refractivity contribution in [2.75, 3.05) is 5.75 Å². The van der Waals surface area contributed by atoms with E-state index in [1.807, 2.05) is 28.8 Å². The Morgan fingerprint density at radius 2 is 1.90 bits per heavy atom. The van der Waals surface area contributed by atoms with Gasteiger partial charge in [-0.2, -0.15) is 0 Å². The molecule has 0 saturated heterocycles. The summed E-state index contributed by atoms with van der Waals surface area (Å²) in [6, 6.07) is 8.00. The van der Waals surface area contributed by atoms with Gasteiger partial charge in [0.25, 0.3) is 5.56 Å². The molecular formula is C21H27BrN4O2S. The number of hydrogen-bond donors (Lipinski definition) is 1. The Morgan fingerprint density at radius 1 is 1.14 bits per heavy atom. The average molecular weight is 479 g/mol. The predicted octanol–water partition coefficient (Wildman–Crippen LogP) is 4.69. The van der Waals surface area contributed by atoms with Gasteiger partial charge in [-0.15, -0.1) is 0 Å². The minimum absolute atomic E-state index is 0.392. The summed E-state index contributed by atoms with van der Waals surface area (Å²) >= 11 is 5.16. The number of nitrogens with one attached hydrogen (secondary N) is 1. The molecule has 2 aromatic heterocycles. The Bertz CT molecular complexity index is 1090. The van der Waals surface area contributed by atoms with Crippen LogP contribution >= 0.6 is 27.7 Å². The van der Waals surface area contributed by atoms with Gasteiger partial charge >= 0.3 is 5.69 Å². The van der Waals surface area contributed by atoms with Crippen LogP contribution in [0.2, 0.25) is 0 Å². The van der Waals surface area contributed by atoms with Gasteiger partial charge < -0.3 is 4.57 Å². The van der Waals surface area contributed by atoms with Gasteiger partial charge in [0.15, 0.2) is 16.3 Å². The minimum atomic E-state index is -0.443. The van der Waals surface area contributed by atoms with Crippen LogP contribution in [0.25, 0.3) is 11.2 Å². The van der Waals surface area contributed by atoms with E-state index in [2.05, 4.69) is 32.8 Å². The first-order valence-corrected chi connectivity index (χ1v) is 11.9. The summed E-state index contributed by atoms with van der Waals surface area (Å²) in [4.78, 5) is 31.6. The molecule has 29 heavy (non-hydrogen) atoms. The van der Waals surface area contributed by atoms with Crippen molar-refractivity contribution < 1.29 is 0 Å². The smallest absolute Gasteiger partial charge is 0.309 e. The Kier molecular flexibility index (Phi) is 7.77. The van der Waals surface area contributed by atoms with Gasteiger partial charge in [0.1, 0.15) is 0 Å². The van der Waals surface area contributed by atoms with E-state index in [0.717, 1.165) is 27.4 Å². The Balaban J connectivity index is 1.87. The van der Waals surface area contributed by atoms with Crippen molar-refractivity contribution in [2.24, 2.45) is 7.05 Å². The van der Waals surface area contributed by atoms with Crippen molar-refractivity contribution >= 4 is 38.9 Å². The number of benzene rings is 1. The van der Waals surface area contributed by atoms with Crippen molar-refractivity contribution in [3.63, 3.8) is 0 Å². The summed E-state index contributed by atoms with van der Waals surface area (Å²) in [6.07, 6.45) is 7.42. The molecule has 0 aliphatic rings. The minimum Gasteiger partial charge on any atom is -0.309 e. The van der Waals surface area contributed by atoms with Gasteiger partial charge in [0.05, 0.1) is 6.54 Å². The topological polar surface area (TPSA) is 72.7 Å². The van der Waals surface area contributed by atoms with Crippen LogP contribution in [0.4, 0.5) is 0 Å². The molecule has 2 heterocycles. The summed E-state index contributed by atoms with van der Waals surface area (Å²) in [5.41, 5.74) is 1.10. The largest absolute Gasteiger partial charge is 0.329 e. The fourth-order valence-corrected chi connectivity index (χ4v) is 4.78. The third-order valence-electron chi connectivity index (χ3n) is 4.93. The summed E-state index contributed by atoms with van der Waals surface area (Å²) in [5.74, 6) is 0.944. The molecule has 0 aliphatic heterocycles. The molecule has 3 rings (SSSR count). The van der Waals surface area contributed by atoms with Crippen molar-refractivity contribution in [3.05, 3.63) is 55.1 Å². The molecule has 0 fully saturated rings. The molecule has 0 radical (unpaired) electrons. The summed E-state index contributed by atoms with van der Waals surface area (Å²) in [7, 11) is 1.64. The van der Waals surface area contributed by atoms with Crippen LogP contribution in [0.15, 0.2) is 43.5 Å². The first kappa shape index (κ1) is 21.9. The van der Waals surface area contributed by atoms with E-state index in [0.29, 0.717) is 17.7 Å². The van der Waals surface area contributed by atoms with Gasteiger partial charge in [-0.05, 0) is 24.1 Å². The number of aromatic amines is 1. The van der Waals surface area contributed by atoms with Crippen LogP contribution in [0.5, 0.6) is 0 Å². The summed E-state index contributed by atoms with van der Waals surface area (Å²) < 4.78 is 4.32. The fourth-order valence-electron chi connectivity index (χ4n) is 3.34. The van der Waals surface area contributed by atoms with Crippen molar-refractivity contribution in [1.29, 1.82) is 0 Å². The van der Waals surface area contributed by atoms with E-state index in [9.17, 15) is 9.59 Å². The highest BCUT2D eigenvalue weighted by molar-refractivity contribution is 9.10. The Hall–Kier alpha value is -1.80. The van der Waals surface area contributed by atoms with Crippen LogP contribution in [-0.4, -0.2) is 24.9 Å². The molecule has 0 saturated carbocycles. The second-order valence-corrected chi connectivity index (χ2v) is 9.19. The highest BCUT2D eigenvalue weighted by Crippen LogP contribution is 2.25. The molecule has 1 aromatic carbocycles. The van der Waals surface area contributed by atoms with Crippen molar-refractivity contribution in [2.45, 2.75) is 57.1 Å². The molecular weight excluding hydrogens is 452 g/mol. The molecule has 6 nitrogen and oxygen atoms in total. The van der Waals surface area contributed by atoms with Crippen molar-refractivity contribution in [1.82, 2.24) is 19.1 Å². The maximum Gasteiger partial charge on any atom is 0.329 e. The van der Waals surface area contributed by atoms with Gasteiger partial charge in [0, 0.05) is 17.3 Å². The first-order valence-electron chi connectivity index (χ1n) is 10.1. The molecule has 0 bridgehead atoms. The number of rotatable bonds is 10. The number of hydrogen-bond acceptors (Lipinski definition) is 4. The van der Waals surface area contributed by atoms with Gasteiger partial charge in [-0.3, -0.25) is 14.3 Å². The van der Waals surface area contributed by atoms with E-state index in [-0.39, 0.29) is 0 Å². The van der Waals surface area contributed by atoms with E-state index in [4.69, 9.17) is 0 Å². The first-order chi connectivity index (χ1) is 14.0.